The fraction of sp³-hybridized carbons (Fsp3) is 0.500. The molecule has 0 aromatic heterocycles. The molecule has 0 spiro atoms. The standard InChI is InChI=1S/C14H17Cl2NO2/c1-10-4-2-3-7-17(10)14(18)9-19-13-6-5-11(15)8-12(13)16/h5-6,8,10H,2-4,7,9H2,1H3. The van der Waals surface area contributed by atoms with Gasteiger partial charge in [-0.15, -0.1) is 0 Å². The Kier molecular flexibility index (Phi) is 4.94. The van der Waals surface area contributed by atoms with Crippen LogP contribution in [0, 0.1) is 0 Å². The molecule has 1 atom stereocenters. The van der Waals surface area contributed by atoms with Crippen molar-refractivity contribution < 1.29 is 9.53 Å². The van der Waals surface area contributed by atoms with Crippen molar-refractivity contribution in [2.24, 2.45) is 0 Å². The van der Waals surface area contributed by atoms with Crippen LogP contribution in [0.3, 0.4) is 0 Å². The van der Waals surface area contributed by atoms with Crippen LogP contribution in [0.25, 0.3) is 0 Å². The van der Waals surface area contributed by atoms with E-state index in [0.717, 1.165) is 19.4 Å². The van der Waals surface area contributed by atoms with Crippen LogP contribution < -0.4 is 4.74 Å². The van der Waals surface area contributed by atoms with Gasteiger partial charge in [-0.1, -0.05) is 23.2 Å². The van der Waals surface area contributed by atoms with E-state index in [2.05, 4.69) is 6.92 Å². The average molecular weight is 302 g/mol. The van der Waals surface area contributed by atoms with Gasteiger partial charge in [-0.3, -0.25) is 4.79 Å². The summed E-state index contributed by atoms with van der Waals surface area (Å²) in [6, 6.07) is 5.27. The Labute approximate surface area is 123 Å². The summed E-state index contributed by atoms with van der Waals surface area (Å²) in [4.78, 5) is 14.0. The van der Waals surface area contributed by atoms with Gasteiger partial charge >= 0.3 is 0 Å². The highest BCUT2D eigenvalue weighted by molar-refractivity contribution is 6.35. The van der Waals surface area contributed by atoms with Crippen molar-refractivity contribution in [1.82, 2.24) is 4.90 Å². The van der Waals surface area contributed by atoms with E-state index in [9.17, 15) is 4.79 Å². The van der Waals surface area contributed by atoms with E-state index in [0.29, 0.717) is 21.8 Å². The molecule has 2 rings (SSSR count). The molecule has 0 saturated carbocycles. The van der Waals surface area contributed by atoms with Crippen molar-refractivity contribution in [3.63, 3.8) is 0 Å². The Bertz CT molecular complexity index is 465. The predicted octanol–water partition coefficient (Wildman–Crippen LogP) is 3.77. The van der Waals surface area contributed by atoms with Crippen LogP contribution in [0.2, 0.25) is 10.0 Å². The van der Waals surface area contributed by atoms with E-state index in [1.54, 1.807) is 18.2 Å². The van der Waals surface area contributed by atoms with Gasteiger partial charge in [0.2, 0.25) is 0 Å². The maximum absolute atomic E-state index is 12.1. The number of carbonyl (C=O) groups is 1. The predicted molar refractivity (Wildman–Crippen MR) is 77.0 cm³/mol. The molecule has 1 aromatic carbocycles. The van der Waals surface area contributed by atoms with E-state index in [4.69, 9.17) is 27.9 Å². The average Bonchev–Trinajstić information content (AvgIpc) is 2.38. The number of piperidine rings is 1. The summed E-state index contributed by atoms with van der Waals surface area (Å²) in [6.07, 6.45) is 3.32. The van der Waals surface area contributed by atoms with Crippen LogP contribution in [-0.4, -0.2) is 30.0 Å². The lowest BCUT2D eigenvalue weighted by Crippen LogP contribution is -2.44. The molecule has 1 saturated heterocycles. The molecule has 1 aliphatic heterocycles. The van der Waals surface area contributed by atoms with Gasteiger partial charge in [0.15, 0.2) is 6.61 Å². The molecule has 0 bridgehead atoms. The van der Waals surface area contributed by atoms with E-state index in [1.807, 2.05) is 4.90 Å². The molecule has 1 heterocycles. The Hall–Kier alpha value is -0.930. The summed E-state index contributed by atoms with van der Waals surface area (Å²) < 4.78 is 5.47. The van der Waals surface area contributed by atoms with E-state index in [-0.39, 0.29) is 12.5 Å². The van der Waals surface area contributed by atoms with Gasteiger partial charge in [0.05, 0.1) is 5.02 Å². The van der Waals surface area contributed by atoms with Crippen molar-refractivity contribution in [2.75, 3.05) is 13.2 Å². The zero-order valence-corrected chi connectivity index (χ0v) is 12.4. The maximum atomic E-state index is 12.1. The first-order valence-corrected chi connectivity index (χ1v) is 7.21. The molecule has 1 aliphatic rings. The topological polar surface area (TPSA) is 29.5 Å². The summed E-state index contributed by atoms with van der Waals surface area (Å²) >= 11 is 11.8. The quantitative estimate of drug-likeness (QED) is 0.850. The van der Waals surface area contributed by atoms with Gasteiger partial charge in [-0.25, -0.2) is 0 Å². The maximum Gasteiger partial charge on any atom is 0.260 e. The fourth-order valence-electron chi connectivity index (χ4n) is 2.28. The van der Waals surface area contributed by atoms with Crippen LogP contribution in [-0.2, 0) is 4.79 Å². The first kappa shape index (κ1) is 14.5. The van der Waals surface area contributed by atoms with Crippen LogP contribution in [0.1, 0.15) is 26.2 Å². The van der Waals surface area contributed by atoms with Crippen molar-refractivity contribution >= 4 is 29.1 Å². The molecular weight excluding hydrogens is 285 g/mol. The Morgan fingerprint density at radius 3 is 2.89 bits per heavy atom. The van der Waals surface area contributed by atoms with E-state index < -0.39 is 0 Å². The van der Waals surface area contributed by atoms with E-state index in [1.165, 1.54) is 6.42 Å². The minimum absolute atomic E-state index is 0.0122. The SMILES string of the molecule is CC1CCCCN1C(=O)COc1ccc(Cl)cc1Cl. The third-order valence-electron chi connectivity index (χ3n) is 3.37. The summed E-state index contributed by atoms with van der Waals surface area (Å²) in [5.41, 5.74) is 0. The van der Waals surface area contributed by atoms with Gasteiger partial charge in [-0.2, -0.15) is 0 Å². The van der Waals surface area contributed by atoms with Crippen LogP contribution in [0.15, 0.2) is 18.2 Å². The zero-order valence-electron chi connectivity index (χ0n) is 10.9. The number of hydrogen-bond donors (Lipinski definition) is 0. The molecule has 0 radical (unpaired) electrons. The lowest BCUT2D eigenvalue weighted by Gasteiger charge is -2.33. The molecule has 104 valence electrons. The van der Waals surface area contributed by atoms with Gasteiger partial charge in [0.25, 0.3) is 5.91 Å². The highest BCUT2D eigenvalue weighted by Crippen LogP contribution is 2.27. The first-order valence-electron chi connectivity index (χ1n) is 6.45. The second-order valence-corrected chi connectivity index (χ2v) is 5.64. The first-order chi connectivity index (χ1) is 9.08. The van der Waals surface area contributed by atoms with E-state index >= 15 is 0 Å². The van der Waals surface area contributed by atoms with Crippen LogP contribution in [0.4, 0.5) is 0 Å². The molecule has 5 heteroatoms. The number of nitrogens with zero attached hydrogens (tertiary/aromatic N) is 1. The molecular formula is C14H17Cl2NO2. The minimum atomic E-state index is 0.0122. The second kappa shape index (κ2) is 6.49. The van der Waals surface area contributed by atoms with Crippen molar-refractivity contribution in [1.29, 1.82) is 0 Å². The third kappa shape index (κ3) is 3.77. The highest BCUT2D eigenvalue weighted by Gasteiger charge is 2.23. The largest absolute Gasteiger partial charge is 0.482 e. The van der Waals surface area contributed by atoms with Crippen LogP contribution >= 0.6 is 23.2 Å². The lowest BCUT2D eigenvalue weighted by molar-refractivity contribution is -0.136. The molecule has 3 nitrogen and oxygen atoms in total. The van der Waals surface area contributed by atoms with Gasteiger partial charge in [-0.05, 0) is 44.4 Å². The Morgan fingerprint density at radius 1 is 1.42 bits per heavy atom. The third-order valence-corrected chi connectivity index (χ3v) is 3.90. The molecule has 1 fully saturated rings. The molecule has 0 N–H and O–H groups in total. The normalized spacial score (nSPS) is 19.3. The number of hydrogen-bond acceptors (Lipinski definition) is 2. The highest BCUT2D eigenvalue weighted by atomic mass is 35.5. The van der Waals surface area contributed by atoms with Gasteiger partial charge in [0.1, 0.15) is 5.75 Å². The van der Waals surface area contributed by atoms with Crippen molar-refractivity contribution in [2.45, 2.75) is 32.2 Å². The molecule has 1 amide bonds. The van der Waals surface area contributed by atoms with Crippen molar-refractivity contribution in [3.05, 3.63) is 28.2 Å². The Balaban J connectivity index is 1.92. The van der Waals surface area contributed by atoms with Gasteiger partial charge < -0.3 is 9.64 Å². The van der Waals surface area contributed by atoms with Crippen molar-refractivity contribution in [3.8, 4) is 5.75 Å². The molecule has 0 aliphatic carbocycles. The summed E-state index contributed by atoms with van der Waals surface area (Å²) in [7, 11) is 0. The smallest absolute Gasteiger partial charge is 0.260 e. The molecule has 19 heavy (non-hydrogen) atoms. The summed E-state index contributed by atoms with van der Waals surface area (Å²) in [5.74, 6) is 0.502. The number of benzene rings is 1. The Morgan fingerprint density at radius 2 is 2.21 bits per heavy atom. The number of halogens is 2. The zero-order chi connectivity index (χ0) is 13.8. The second-order valence-electron chi connectivity index (χ2n) is 4.80. The molecule has 1 unspecified atom stereocenters. The van der Waals surface area contributed by atoms with Crippen LogP contribution in [0.5, 0.6) is 5.75 Å². The minimum Gasteiger partial charge on any atom is -0.482 e. The number of amides is 1. The number of likely N-dealkylation sites (tertiary alicyclic amines) is 1. The summed E-state index contributed by atoms with van der Waals surface area (Å²) in [5, 5.41) is 0.973. The number of ether oxygens (including phenoxy) is 1. The lowest BCUT2D eigenvalue weighted by atomic mass is 10.0. The number of carbonyl (C=O) groups excluding carboxylic acids is 1. The monoisotopic (exact) mass is 301 g/mol. The molecule has 1 aromatic rings. The van der Waals surface area contributed by atoms with Gasteiger partial charge in [0, 0.05) is 17.6 Å². The number of rotatable bonds is 3. The summed E-state index contributed by atoms with van der Waals surface area (Å²) in [6.45, 7) is 2.91. The fourth-order valence-corrected chi connectivity index (χ4v) is 2.75.